The van der Waals surface area contributed by atoms with Crippen LogP contribution >= 0.6 is 0 Å². The Hall–Kier alpha value is -3.23. The van der Waals surface area contributed by atoms with Crippen LogP contribution in [-0.2, 0) is 17.8 Å². The first-order valence-electron chi connectivity index (χ1n) is 12.0. The number of nitrogens with one attached hydrogen (secondary N) is 3. The Bertz CT molecular complexity index is 1200. The molecule has 0 radical (unpaired) electrons. The molecule has 1 aromatic heterocycles. The quantitative estimate of drug-likeness (QED) is 0.465. The fourth-order valence-electron chi connectivity index (χ4n) is 5.02. The number of benzene rings is 2. The number of carbonyl (C=O) groups is 2. The number of fused-ring (bicyclic) bond motifs is 2. The summed E-state index contributed by atoms with van der Waals surface area (Å²) in [5, 5.41) is 16.9. The number of aromatic amines is 1. The summed E-state index contributed by atoms with van der Waals surface area (Å²) in [6.07, 6.45) is 1.82. The molecule has 4 N–H and O–H groups in total. The van der Waals surface area contributed by atoms with E-state index in [9.17, 15) is 14.7 Å². The number of aromatic nitrogens is 2. The molecule has 0 spiro atoms. The summed E-state index contributed by atoms with van der Waals surface area (Å²) in [7, 11) is 0. The Morgan fingerprint density at radius 3 is 2.71 bits per heavy atom. The third-order valence-electron chi connectivity index (χ3n) is 7.14. The second kappa shape index (κ2) is 9.56. The standard InChI is InChI=1S/C26H31N5O3/c1-16(32)31-10-8-17(9-11-31)25-29-21-7-6-19(13-22(21)30-25)26(34)28-15-24(33)23-12-18-4-2-3-5-20(18)14-27-23/h2-7,13,17,23-24,27,33H,8-12,14-15H2,1H3,(H,28,34)(H,29,30)/t23-,24+/m0/s1. The normalized spacial score (nSPS) is 19.6. The molecule has 178 valence electrons. The molecule has 2 aliphatic rings. The van der Waals surface area contributed by atoms with Crippen molar-refractivity contribution in [2.75, 3.05) is 19.6 Å². The van der Waals surface area contributed by atoms with Crippen LogP contribution in [0.2, 0.25) is 0 Å². The lowest BCUT2D eigenvalue weighted by Gasteiger charge is -2.30. The molecule has 34 heavy (non-hydrogen) atoms. The fraction of sp³-hybridized carbons (Fsp3) is 0.423. The zero-order valence-electron chi connectivity index (χ0n) is 19.4. The number of amides is 2. The van der Waals surface area contributed by atoms with Crippen LogP contribution in [0, 0.1) is 0 Å². The number of H-pyrrole nitrogens is 1. The highest BCUT2D eigenvalue weighted by molar-refractivity contribution is 5.97. The van der Waals surface area contributed by atoms with E-state index in [-0.39, 0.29) is 30.3 Å². The van der Waals surface area contributed by atoms with Gasteiger partial charge in [-0.15, -0.1) is 0 Å². The fourth-order valence-corrected chi connectivity index (χ4v) is 5.02. The molecule has 0 saturated carbocycles. The van der Waals surface area contributed by atoms with Crippen LogP contribution in [0.4, 0.5) is 0 Å². The number of hydrogen-bond donors (Lipinski definition) is 4. The van der Waals surface area contributed by atoms with Crippen LogP contribution in [0.5, 0.6) is 0 Å². The summed E-state index contributed by atoms with van der Waals surface area (Å²) < 4.78 is 0. The van der Waals surface area contributed by atoms with E-state index in [1.807, 2.05) is 29.2 Å². The third kappa shape index (κ3) is 4.69. The van der Waals surface area contributed by atoms with E-state index in [1.165, 1.54) is 11.1 Å². The van der Waals surface area contributed by atoms with Crippen molar-refractivity contribution < 1.29 is 14.7 Å². The number of piperidine rings is 1. The summed E-state index contributed by atoms with van der Waals surface area (Å²) in [6.45, 7) is 4.00. The minimum absolute atomic E-state index is 0.0951. The maximum absolute atomic E-state index is 12.8. The van der Waals surface area contributed by atoms with E-state index < -0.39 is 6.10 Å². The number of carbonyl (C=O) groups excluding carboxylic acids is 2. The van der Waals surface area contributed by atoms with Gasteiger partial charge >= 0.3 is 0 Å². The maximum Gasteiger partial charge on any atom is 0.251 e. The first-order valence-corrected chi connectivity index (χ1v) is 12.0. The van der Waals surface area contributed by atoms with E-state index >= 15 is 0 Å². The van der Waals surface area contributed by atoms with Crippen LogP contribution in [0.15, 0.2) is 42.5 Å². The van der Waals surface area contributed by atoms with Gasteiger partial charge in [0.05, 0.1) is 17.1 Å². The SMILES string of the molecule is CC(=O)N1CCC(c2nc3ccc(C(=O)NC[C@@H](O)[C@@H]4Cc5ccccc5CN4)cc3[nH]2)CC1. The van der Waals surface area contributed by atoms with E-state index in [4.69, 9.17) is 4.98 Å². The number of aliphatic hydroxyl groups excluding tert-OH is 1. The molecule has 2 aromatic carbocycles. The first-order chi connectivity index (χ1) is 16.5. The third-order valence-corrected chi connectivity index (χ3v) is 7.14. The van der Waals surface area contributed by atoms with Gasteiger partial charge < -0.3 is 25.6 Å². The van der Waals surface area contributed by atoms with Crippen molar-refractivity contribution in [2.45, 2.75) is 50.8 Å². The molecule has 2 aliphatic heterocycles. The van der Waals surface area contributed by atoms with Crippen molar-refractivity contribution in [1.82, 2.24) is 25.5 Å². The lowest BCUT2D eigenvalue weighted by molar-refractivity contribution is -0.129. The number of nitrogens with zero attached hydrogens (tertiary/aromatic N) is 2. The monoisotopic (exact) mass is 461 g/mol. The van der Waals surface area contributed by atoms with Gasteiger partial charge in [0, 0.05) is 50.6 Å². The van der Waals surface area contributed by atoms with Crippen molar-refractivity contribution in [3.63, 3.8) is 0 Å². The molecule has 1 fully saturated rings. The molecule has 3 heterocycles. The highest BCUT2D eigenvalue weighted by atomic mass is 16.3. The maximum atomic E-state index is 12.8. The van der Waals surface area contributed by atoms with Gasteiger partial charge in [0.25, 0.3) is 5.91 Å². The van der Waals surface area contributed by atoms with Gasteiger partial charge in [-0.2, -0.15) is 0 Å². The Labute approximate surface area is 198 Å². The van der Waals surface area contributed by atoms with Crippen molar-refractivity contribution in [1.29, 1.82) is 0 Å². The number of hydrogen-bond acceptors (Lipinski definition) is 5. The number of aliphatic hydroxyl groups is 1. The smallest absolute Gasteiger partial charge is 0.251 e. The van der Waals surface area contributed by atoms with Crippen molar-refractivity contribution in [3.05, 3.63) is 65.0 Å². The van der Waals surface area contributed by atoms with Crippen molar-refractivity contribution >= 4 is 22.8 Å². The molecule has 2 amide bonds. The highest BCUT2D eigenvalue weighted by Crippen LogP contribution is 2.28. The van der Waals surface area contributed by atoms with Gasteiger partial charge in [-0.25, -0.2) is 4.98 Å². The minimum atomic E-state index is -0.680. The van der Waals surface area contributed by atoms with Crippen molar-refractivity contribution in [2.24, 2.45) is 0 Å². The van der Waals surface area contributed by atoms with E-state index in [0.717, 1.165) is 55.8 Å². The van der Waals surface area contributed by atoms with Crippen LogP contribution in [0.1, 0.15) is 53.0 Å². The molecule has 1 saturated heterocycles. The zero-order chi connectivity index (χ0) is 23.7. The number of imidazole rings is 1. The summed E-state index contributed by atoms with van der Waals surface area (Å²) in [5.74, 6) is 1.09. The Kier molecular flexibility index (Phi) is 6.34. The molecular weight excluding hydrogens is 430 g/mol. The van der Waals surface area contributed by atoms with Crippen molar-refractivity contribution in [3.8, 4) is 0 Å². The van der Waals surface area contributed by atoms with Gasteiger partial charge in [0.2, 0.25) is 5.91 Å². The summed E-state index contributed by atoms with van der Waals surface area (Å²) in [4.78, 5) is 34.3. The predicted octanol–water partition coefficient (Wildman–Crippen LogP) is 2.09. The van der Waals surface area contributed by atoms with Gasteiger partial charge in [-0.3, -0.25) is 9.59 Å². The first kappa shape index (κ1) is 22.6. The molecule has 5 rings (SSSR count). The Balaban J connectivity index is 1.19. The lowest BCUT2D eigenvalue weighted by atomic mass is 9.93. The van der Waals surface area contributed by atoms with Crippen LogP contribution in [0.25, 0.3) is 11.0 Å². The van der Waals surface area contributed by atoms with E-state index in [0.29, 0.717) is 5.56 Å². The average Bonchev–Trinajstić information content (AvgIpc) is 3.30. The largest absolute Gasteiger partial charge is 0.390 e. The molecular formula is C26H31N5O3. The minimum Gasteiger partial charge on any atom is -0.390 e. The molecule has 2 atom stereocenters. The number of rotatable bonds is 5. The molecule has 0 aliphatic carbocycles. The van der Waals surface area contributed by atoms with Gasteiger partial charge in [0.15, 0.2) is 0 Å². The van der Waals surface area contributed by atoms with Gasteiger partial charge in [0.1, 0.15) is 5.82 Å². The second-order valence-corrected chi connectivity index (χ2v) is 9.37. The summed E-state index contributed by atoms with van der Waals surface area (Å²) >= 11 is 0. The number of likely N-dealkylation sites (tertiary alicyclic amines) is 1. The Morgan fingerprint density at radius 1 is 1.18 bits per heavy atom. The molecule has 0 bridgehead atoms. The van der Waals surface area contributed by atoms with E-state index in [2.05, 4.69) is 27.8 Å². The summed E-state index contributed by atoms with van der Waals surface area (Å²) in [6, 6.07) is 13.6. The zero-order valence-corrected chi connectivity index (χ0v) is 19.4. The van der Waals surface area contributed by atoms with Gasteiger partial charge in [-0.05, 0) is 48.6 Å². The van der Waals surface area contributed by atoms with E-state index in [1.54, 1.807) is 13.0 Å². The summed E-state index contributed by atoms with van der Waals surface area (Å²) in [5.41, 5.74) is 4.67. The van der Waals surface area contributed by atoms with Crippen LogP contribution < -0.4 is 10.6 Å². The predicted molar refractivity (Wildman–Crippen MR) is 129 cm³/mol. The topological polar surface area (TPSA) is 110 Å². The molecule has 8 heteroatoms. The molecule has 3 aromatic rings. The average molecular weight is 462 g/mol. The lowest BCUT2D eigenvalue weighted by Crippen LogP contribution is -2.49. The van der Waals surface area contributed by atoms with Gasteiger partial charge in [-0.1, -0.05) is 24.3 Å². The highest BCUT2D eigenvalue weighted by Gasteiger charge is 2.26. The molecule has 0 unspecified atom stereocenters. The molecule has 8 nitrogen and oxygen atoms in total. The second-order valence-electron chi connectivity index (χ2n) is 9.37. The Morgan fingerprint density at radius 2 is 1.94 bits per heavy atom. The van der Waals surface area contributed by atoms with Crippen LogP contribution in [-0.4, -0.2) is 63.6 Å². The van der Waals surface area contributed by atoms with Crippen LogP contribution in [0.3, 0.4) is 0 Å².